The van der Waals surface area contributed by atoms with Gasteiger partial charge in [-0.1, -0.05) is 0 Å². The summed E-state index contributed by atoms with van der Waals surface area (Å²) < 4.78 is 2.10. The third kappa shape index (κ3) is 1.77. The Hall–Kier alpha value is -1.29. The second-order valence-electron chi connectivity index (χ2n) is 3.83. The summed E-state index contributed by atoms with van der Waals surface area (Å²) in [5, 5.41) is 6.20. The highest BCUT2D eigenvalue weighted by molar-refractivity contribution is 5.92. The average molecular weight is 207 g/mol. The molecule has 2 rings (SSSR count). The lowest BCUT2D eigenvalue weighted by atomic mass is 10.2. The normalized spacial score (nSPS) is 19.7. The molecule has 0 radical (unpaired) electrons. The summed E-state index contributed by atoms with van der Waals surface area (Å²) in [7, 11) is 0. The number of aromatic nitrogens is 1. The number of carbonyl (C=O) groups excluding carboxylic acids is 1. The Morgan fingerprint density at radius 2 is 2.47 bits per heavy atom. The summed E-state index contributed by atoms with van der Waals surface area (Å²) in [6.45, 7) is 6.52. The molecule has 0 saturated heterocycles. The van der Waals surface area contributed by atoms with E-state index in [2.05, 4.69) is 22.1 Å². The van der Waals surface area contributed by atoms with Crippen molar-refractivity contribution < 1.29 is 4.79 Å². The standard InChI is InChI=1S/C11H17N3O/c1-3-12-11(15)10-5-4-9-8(2)13-6-7-14(9)10/h4-5,8,13H,3,6-7H2,1-2H3,(H,12,15)/t8-/m1/s1. The number of amides is 1. The molecule has 0 aromatic carbocycles. The molecule has 2 N–H and O–H groups in total. The van der Waals surface area contributed by atoms with Gasteiger partial charge in [-0.2, -0.15) is 0 Å². The van der Waals surface area contributed by atoms with E-state index < -0.39 is 0 Å². The lowest BCUT2D eigenvalue weighted by Gasteiger charge is -2.24. The van der Waals surface area contributed by atoms with Crippen LogP contribution in [0.15, 0.2) is 12.1 Å². The Balaban J connectivity index is 2.30. The van der Waals surface area contributed by atoms with E-state index in [-0.39, 0.29) is 5.91 Å². The number of nitrogens with one attached hydrogen (secondary N) is 2. The highest BCUT2D eigenvalue weighted by Gasteiger charge is 2.20. The van der Waals surface area contributed by atoms with Gasteiger partial charge in [0.25, 0.3) is 5.91 Å². The molecule has 0 bridgehead atoms. The van der Waals surface area contributed by atoms with Gasteiger partial charge in [-0.05, 0) is 26.0 Å². The smallest absolute Gasteiger partial charge is 0.267 e. The summed E-state index contributed by atoms with van der Waals surface area (Å²) in [4.78, 5) is 11.7. The second-order valence-corrected chi connectivity index (χ2v) is 3.83. The highest BCUT2D eigenvalue weighted by Crippen LogP contribution is 2.20. The summed E-state index contributed by atoms with van der Waals surface area (Å²) >= 11 is 0. The molecule has 0 unspecified atom stereocenters. The van der Waals surface area contributed by atoms with Gasteiger partial charge in [-0.25, -0.2) is 0 Å². The molecule has 4 heteroatoms. The fourth-order valence-electron chi connectivity index (χ4n) is 2.06. The molecule has 1 atom stereocenters. The van der Waals surface area contributed by atoms with Crippen molar-refractivity contribution in [2.45, 2.75) is 26.4 Å². The van der Waals surface area contributed by atoms with Crippen molar-refractivity contribution in [3.8, 4) is 0 Å². The van der Waals surface area contributed by atoms with Crippen LogP contribution < -0.4 is 10.6 Å². The van der Waals surface area contributed by atoms with Gasteiger partial charge >= 0.3 is 0 Å². The number of fused-ring (bicyclic) bond motifs is 1. The molecule has 1 aromatic rings. The van der Waals surface area contributed by atoms with Gasteiger partial charge in [0, 0.05) is 31.4 Å². The maximum atomic E-state index is 11.7. The van der Waals surface area contributed by atoms with Gasteiger partial charge in [0.05, 0.1) is 0 Å². The van der Waals surface area contributed by atoms with Crippen LogP contribution in [0.4, 0.5) is 0 Å². The largest absolute Gasteiger partial charge is 0.351 e. The van der Waals surface area contributed by atoms with Crippen LogP contribution in [0, 0.1) is 0 Å². The zero-order chi connectivity index (χ0) is 10.8. The Labute approximate surface area is 89.7 Å². The molecule has 0 spiro atoms. The van der Waals surface area contributed by atoms with Gasteiger partial charge in [-0.3, -0.25) is 4.79 Å². The van der Waals surface area contributed by atoms with Crippen molar-refractivity contribution in [3.63, 3.8) is 0 Å². The molecule has 1 aromatic heterocycles. The maximum absolute atomic E-state index is 11.7. The number of hydrogen-bond donors (Lipinski definition) is 2. The molecule has 15 heavy (non-hydrogen) atoms. The van der Waals surface area contributed by atoms with Crippen LogP contribution in [0.3, 0.4) is 0 Å². The SMILES string of the molecule is CCNC(=O)c1ccc2n1CCN[C@@H]2C. The number of rotatable bonds is 2. The number of hydrogen-bond acceptors (Lipinski definition) is 2. The summed E-state index contributed by atoms with van der Waals surface area (Å²) in [5.41, 5.74) is 1.97. The first kappa shape index (κ1) is 10.2. The minimum absolute atomic E-state index is 0.0258. The molecular formula is C11H17N3O. The van der Waals surface area contributed by atoms with Crippen LogP contribution in [0.1, 0.15) is 36.1 Å². The molecule has 0 fully saturated rings. The Kier molecular flexibility index (Phi) is 2.77. The first-order chi connectivity index (χ1) is 7.24. The van der Waals surface area contributed by atoms with Crippen LogP contribution in [-0.2, 0) is 6.54 Å². The first-order valence-corrected chi connectivity index (χ1v) is 5.45. The van der Waals surface area contributed by atoms with E-state index in [0.717, 1.165) is 18.8 Å². The zero-order valence-corrected chi connectivity index (χ0v) is 9.21. The topological polar surface area (TPSA) is 46.1 Å². The molecule has 1 aliphatic rings. The van der Waals surface area contributed by atoms with Gasteiger partial charge < -0.3 is 15.2 Å². The predicted molar refractivity (Wildman–Crippen MR) is 58.9 cm³/mol. The van der Waals surface area contributed by atoms with E-state index in [1.165, 1.54) is 5.69 Å². The van der Waals surface area contributed by atoms with Crippen molar-refractivity contribution in [3.05, 3.63) is 23.5 Å². The monoisotopic (exact) mass is 207 g/mol. The maximum Gasteiger partial charge on any atom is 0.267 e. The summed E-state index contributed by atoms with van der Waals surface area (Å²) in [5.74, 6) is 0.0258. The molecule has 2 heterocycles. The lowest BCUT2D eigenvalue weighted by molar-refractivity contribution is 0.0945. The lowest BCUT2D eigenvalue weighted by Crippen LogP contribution is -2.34. The van der Waals surface area contributed by atoms with Crippen molar-refractivity contribution in [1.82, 2.24) is 15.2 Å². The number of carbonyl (C=O) groups is 1. The van der Waals surface area contributed by atoms with E-state index in [1.807, 2.05) is 19.1 Å². The molecule has 1 aliphatic heterocycles. The fraction of sp³-hybridized carbons (Fsp3) is 0.545. The highest BCUT2D eigenvalue weighted by atomic mass is 16.1. The Morgan fingerprint density at radius 1 is 1.67 bits per heavy atom. The zero-order valence-electron chi connectivity index (χ0n) is 9.21. The quantitative estimate of drug-likeness (QED) is 0.757. The van der Waals surface area contributed by atoms with Crippen LogP contribution in [0.2, 0.25) is 0 Å². The predicted octanol–water partition coefficient (Wildman–Crippen LogP) is 0.902. The van der Waals surface area contributed by atoms with E-state index in [9.17, 15) is 4.79 Å². The molecule has 4 nitrogen and oxygen atoms in total. The van der Waals surface area contributed by atoms with E-state index >= 15 is 0 Å². The Bertz CT molecular complexity index is 370. The summed E-state index contributed by atoms with van der Waals surface area (Å²) in [6, 6.07) is 4.27. The molecule has 1 amide bonds. The van der Waals surface area contributed by atoms with Crippen LogP contribution in [0.5, 0.6) is 0 Å². The van der Waals surface area contributed by atoms with Crippen molar-refractivity contribution in [1.29, 1.82) is 0 Å². The van der Waals surface area contributed by atoms with Crippen molar-refractivity contribution in [2.24, 2.45) is 0 Å². The van der Waals surface area contributed by atoms with Crippen LogP contribution in [0.25, 0.3) is 0 Å². The second kappa shape index (κ2) is 4.06. The molecule has 0 saturated carbocycles. The van der Waals surface area contributed by atoms with Crippen LogP contribution >= 0.6 is 0 Å². The van der Waals surface area contributed by atoms with Crippen molar-refractivity contribution in [2.75, 3.05) is 13.1 Å². The number of nitrogens with zero attached hydrogens (tertiary/aromatic N) is 1. The average Bonchev–Trinajstić information content (AvgIpc) is 2.63. The molecule has 0 aliphatic carbocycles. The molecular weight excluding hydrogens is 190 g/mol. The Morgan fingerprint density at radius 3 is 3.20 bits per heavy atom. The van der Waals surface area contributed by atoms with E-state index in [1.54, 1.807) is 0 Å². The third-order valence-electron chi connectivity index (χ3n) is 2.81. The minimum atomic E-state index is 0.0258. The molecule has 82 valence electrons. The first-order valence-electron chi connectivity index (χ1n) is 5.45. The van der Waals surface area contributed by atoms with Gasteiger partial charge in [0.15, 0.2) is 0 Å². The van der Waals surface area contributed by atoms with Crippen molar-refractivity contribution >= 4 is 5.91 Å². The fourth-order valence-corrected chi connectivity index (χ4v) is 2.06. The van der Waals surface area contributed by atoms with Gasteiger partial charge in [0.2, 0.25) is 0 Å². The third-order valence-corrected chi connectivity index (χ3v) is 2.81. The van der Waals surface area contributed by atoms with E-state index in [0.29, 0.717) is 12.6 Å². The van der Waals surface area contributed by atoms with Gasteiger partial charge in [-0.15, -0.1) is 0 Å². The summed E-state index contributed by atoms with van der Waals surface area (Å²) in [6.07, 6.45) is 0. The minimum Gasteiger partial charge on any atom is -0.351 e. The van der Waals surface area contributed by atoms with Gasteiger partial charge in [0.1, 0.15) is 5.69 Å². The van der Waals surface area contributed by atoms with E-state index in [4.69, 9.17) is 0 Å². The van der Waals surface area contributed by atoms with Crippen LogP contribution in [-0.4, -0.2) is 23.6 Å².